The first-order chi connectivity index (χ1) is 8.31. The molecule has 0 aliphatic carbocycles. The summed E-state index contributed by atoms with van der Waals surface area (Å²) in [5, 5.41) is 12.3. The van der Waals surface area contributed by atoms with E-state index >= 15 is 0 Å². The molecule has 3 nitrogen and oxygen atoms in total. The monoisotopic (exact) mass is 230 g/mol. The van der Waals surface area contributed by atoms with Gasteiger partial charge in [-0.2, -0.15) is 5.26 Å². The molecule has 2 unspecified atom stereocenters. The van der Waals surface area contributed by atoms with Crippen molar-refractivity contribution in [2.75, 3.05) is 13.1 Å². The van der Waals surface area contributed by atoms with E-state index in [1.54, 1.807) is 0 Å². The van der Waals surface area contributed by atoms with Crippen LogP contribution in [0.2, 0.25) is 0 Å². The van der Waals surface area contributed by atoms with Crippen LogP contribution in [0.1, 0.15) is 24.5 Å². The molecule has 0 bridgehead atoms. The second-order valence-electron chi connectivity index (χ2n) is 4.59. The first-order valence-electron chi connectivity index (χ1n) is 6.11. The van der Waals surface area contributed by atoms with Crippen LogP contribution in [0.25, 0.3) is 0 Å². The number of piperidine rings is 1. The van der Waals surface area contributed by atoms with Crippen LogP contribution in [-0.4, -0.2) is 19.2 Å². The third kappa shape index (κ3) is 3.06. The second-order valence-corrected chi connectivity index (χ2v) is 4.59. The van der Waals surface area contributed by atoms with E-state index in [9.17, 15) is 0 Å². The Morgan fingerprint density at radius 2 is 2.29 bits per heavy atom. The van der Waals surface area contributed by atoms with E-state index in [1.807, 2.05) is 24.3 Å². The largest absolute Gasteiger partial charge is 0.372 e. The summed E-state index contributed by atoms with van der Waals surface area (Å²) in [6.07, 6.45) is 1.42. The molecule has 1 aromatic rings. The van der Waals surface area contributed by atoms with Gasteiger partial charge in [0.25, 0.3) is 0 Å². The summed E-state index contributed by atoms with van der Waals surface area (Å²) in [7, 11) is 0. The zero-order valence-electron chi connectivity index (χ0n) is 10.1. The average molecular weight is 230 g/mol. The maximum atomic E-state index is 8.99. The van der Waals surface area contributed by atoms with Gasteiger partial charge in [-0.25, -0.2) is 0 Å². The van der Waals surface area contributed by atoms with Gasteiger partial charge >= 0.3 is 0 Å². The topological polar surface area (TPSA) is 45.0 Å². The maximum absolute atomic E-state index is 8.99. The average Bonchev–Trinajstić information content (AvgIpc) is 2.38. The third-order valence-electron chi connectivity index (χ3n) is 3.35. The van der Waals surface area contributed by atoms with Gasteiger partial charge in [0.2, 0.25) is 0 Å². The molecule has 1 aromatic carbocycles. The highest BCUT2D eigenvalue weighted by Gasteiger charge is 2.21. The molecule has 1 fully saturated rings. The Labute approximate surface area is 102 Å². The van der Waals surface area contributed by atoms with Crippen LogP contribution >= 0.6 is 0 Å². The molecule has 90 valence electrons. The lowest BCUT2D eigenvalue weighted by Crippen LogP contribution is -2.40. The molecular formula is C14H18N2O. The van der Waals surface area contributed by atoms with Crippen LogP contribution in [0.5, 0.6) is 0 Å². The van der Waals surface area contributed by atoms with Crippen molar-refractivity contribution in [2.45, 2.75) is 26.1 Å². The van der Waals surface area contributed by atoms with Gasteiger partial charge in [-0.3, -0.25) is 0 Å². The van der Waals surface area contributed by atoms with E-state index in [4.69, 9.17) is 10.00 Å². The highest BCUT2D eigenvalue weighted by molar-refractivity contribution is 5.36. The molecule has 0 amide bonds. The lowest BCUT2D eigenvalue weighted by atomic mass is 9.97. The van der Waals surface area contributed by atoms with Crippen LogP contribution in [-0.2, 0) is 11.3 Å². The molecular weight excluding hydrogens is 212 g/mol. The maximum Gasteiger partial charge on any atom is 0.0995 e. The smallest absolute Gasteiger partial charge is 0.0995 e. The molecule has 17 heavy (non-hydrogen) atoms. The van der Waals surface area contributed by atoms with Crippen LogP contribution < -0.4 is 5.32 Å². The Morgan fingerprint density at radius 3 is 3.06 bits per heavy atom. The summed E-state index contributed by atoms with van der Waals surface area (Å²) in [6.45, 7) is 4.74. The van der Waals surface area contributed by atoms with Crippen molar-refractivity contribution < 1.29 is 4.74 Å². The number of nitrogens with zero attached hydrogens (tertiary/aromatic N) is 1. The van der Waals surface area contributed by atoms with Crippen LogP contribution in [0.4, 0.5) is 0 Å². The van der Waals surface area contributed by atoms with Gasteiger partial charge in [0, 0.05) is 6.54 Å². The summed E-state index contributed by atoms with van der Waals surface area (Å²) in [4.78, 5) is 0. The number of hydrogen-bond donors (Lipinski definition) is 1. The molecule has 3 heteroatoms. The molecule has 1 heterocycles. The Hall–Kier alpha value is -1.37. The zero-order chi connectivity index (χ0) is 12.1. The fraction of sp³-hybridized carbons (Fsp3) is 0.500. The highest BCUT2D eigenvalue weighted by Crippen LogP contribution is 2.17. The minimum Gasteiger partial charge on any atom is -0.372 e. The van der Waals surface area contributed by atoms with Gasteiger partial charge in [-0.05, 0) is 30.5 Å². The number of benzene rings is 1. The predicted octanol–water partition coefficient (Wildman–Crippen LogP) is 2.07. The van der Waals surface area contributed by atoms with Crippen molar-refractivity contribution in [1.82, 2.24) is 5.32 Å². The standard InChI is InChI=1S/C14H18N2O/c1-11-6-7-16-9-14(11)17-10-13-5-3-2-4-12(13)8-15/h2-5,11,14,16H,6-7,9-10H2,1H3. The Morgan fingerprint density at radius 1 is 1.47 bits per heavy atom. The molecule has 0 saturated carbocycles. The molecule has 0 aromatic heterocycles. The summed E-state index contributed by atoms with van der Waals surface area (Å²) >= 11 is 0. The first-order valence-corrected chi connectivity index (χ1v) is 6.11. The molecule has 2 rings (SSSR count). The lowest BCUT2D eigenvalue weighted by molar-refractivity contribution is -0.00666. The quantitative estimate of drug-likeness (QED) is 0.864. The number of ether oxygens (including phenoxy) is 1. The van der Waals surface area contributed by atoms with Crippen molar-refractivity contribution in [3.63, 3.8) is 0 Å². The number of nitriles is 1. The third-order valence-corrected chi connectivity index (χ3v) is 3.35. The van der Waals surface area contributed by atoms with Crippen LogP contribution in [0.3, 0.4) is 0 Å². The van der Waals surface area contributed by atoms with Crippen LogP contribution in [0, 0.1) is 17.2 Å². The fourth-order valence-corrected chi connectivity index (χ4v) is 2.14. The van der Waals surface area contributed by atoms with Gasteiger partial charge in [0.1, 0.15) is 0 Å². The van der Waals surface area contributed by atoms with E-state index in [-0.39, 0.29) is 6.10 Å². The minimum absolute atomic E-state index is 0.260. The van der Waals surface area contributed by atoms with Gasteiger partial charge in [0.15, 0.2) is 0 Å². The van der Waals surface area contributed by atoms with Crippen molar-refractivity contribution in [3.05, 3.63) is 35.4 Å². The SMILES string of the molecule is CC1CCNCC1OCc1ccccc1C#N. The van der Waals surface area contributed by atoms with E-state index in [2.05, 4.69) is 18.3 Å². The molecule has 1 N–H and O–H groups in total. The molecule has 0 radical (unpaired) electrons. The Balaban J connectivity index is 1.95. The van der Waals surface area contributed by atoms with E-state index in [0.717, 1.165) is 25.1 Å². The Bertz CT molecular complexity index is 411. The summed E-state index contributed by atoms with van der Waals surface area (Å²) in [5.74, 6) is 0.588. The lowest BCUT2D eigenvalue weighted by Gasteiger charge is -2.29. The number of rotatable bonds is 3. The van der Waals surface area contributed by atoms with E-state index < -0.39 is 0 Å². The zero-order valence-corrected chi connectivity index (χ0v) is 10.1. The predicted molar refractivity (Wildman–Crippen MR) is 66.4 cm³/mol. The molecule has 1 saturated heterocycles. The van der Waals surface area contributed by atoms with Crippen molar-refractivity contribution in [2.24, 2.45) is 5.92 Å². The molecule has 2 atom stereocenters. The normalized spacial score (nSPS) is 24.2. The van der Waals surface area contributed by atoms with E-state index in [1.165, 1.54) is 0 Å². The molecule has 1 aliphatic rings. The minimum atomic E-state index is 0.260. The summed E-state index contributed by atoms with van der Waals surface area (Å²) in [6, 6.07) is 9.82. The Kier molecular flexibility index (Phi) is 4.13. The van der Waals surface area contributed by atoms with Crippen molar-refractivity contribution >= 4 is 0 Å². The molecule has 1 aliphatic heterocycles. The van der Waals surface area contributed by atoms with Gasteiger partial charge in [0.05, 0.1) is 24.3 Å². The fourth-order valence-electron chi connectivity index (χ4n) is 2.14. The van der Waals surface area contributed by atoms with Gasteiger partial charge in [-0.1, -0.05) is 25.1 Å². The second kappa shape index (κ2) is 5.81. The number of hydrogen-bond acceptors (Lipinski definition) is 3. The number of nitrogens with one attached hydrogen (secondary N) is 1. The summed E-state index contributed by atoms with van der Waals surface area (Å²) < 4.78 is 5.91. The summed E-state index contributed by atoms with van der Waals surface area (Å²) in [5.41, 5.74) is 1.69. The molecule has 0 spiro atoms. The van der Waals surface area contributed by atoms with E-state index in [0.29, 0.717) is 18.1 Å². The van der Waals surface area contributed by atoms with Gasteiger partial charge < -0.3 is 10.1 Å². The first kappa shape index (κ1) is 12.1. The highest BCUT2D eigenvalue weighted by atomic mass is 16.5. The van der Waals surface area contributed by atoms with Crippen LogP contribution in [0.15, 0.2) is 24.3 Å². The van der Waals surface area contributed by atoms with Crippen molar-refractivity contribution in [1.29, 1.82) is 5.26 Å². The van der Waals surface area contributed by atoms with Crippen molar-refractivity contribution in [3.8, 4) is 6.07 Å². The van der Waals surface area contributed by atoms with Gasteiger partial charge in [-0.15, -0.1) is 0 Å².